The first-order valence-corrected chi connectivity index (χ1v) is 8.64. The average Bonchev–Trinajstić information content (AvgIpc) is 3.11. The van der Waals surface area contributed by atoms with E-state index >= 15 is 0 Å². The molecule has 0 aliphatic carbocycles. The zero-order valence-corrected chi connectivity index (χ0v) is 14.7. The largest absolute Gasteiger partial charge is 0.484 e. The van der Waals surface area contributed by atoms with Crippen molar-refractivity contribution < 1.29 is 18.3 Å². The highest BCUT2D eigenvalue weighted by molar-refractivity contribution is 5.93. The van der Waals surface area contributed by atoms with Gasteiger partial charge in [-0.15, -0.1) is 0 Å². The van der Waals surface area contributed by atoms with Crippen LogP contribution in [0.15, 0.2) is 72.8 Å². The number of carbonyl (C=O) groups excluding carboxylic acids is 1. The van der Waals surface area contributed by atoms with Crippen LogP contribution in [-0.4, -0.2) is 17.5 Å². The summed E-state index contributed by atoms with van der Waals surface area (Å²) in [7, 11) is 0. The smallest absolute Gasteiger partial charge is 0.262 e. The van der Waals surface area contributed by atoms with Gasteiger partial charge in [-0.25, -0.2) is 8.78 Å². The SMILES string of the molecule is O=C(COc1ccc(F)cc1)Nc1cccc(-c2cc3cc(F)ccc3[nH]2)c1. The zero-order chi connectivity index (χ0) is 19.5. The summed E-state index contributed by atoms with van der Waals surface area (Å²) >= 11 is 0. The molecule has 140 valence electrons. The fourth-order valence-electron chi connectivity index (χ4n) is 2.90. The van der Waals surface area contributed by atoms with Gasteiger partial charge in [0.15, 0.2) is 6.61 Å². The number of rotatable bonds is 5. The predicted molar refractivity (Wildman–Crippen MR) is 104 cm³/mol. The van der Waals surface area contributed by atoms with E-state index in [9.17, 15) is 13.6 Å². The summed E-state index contributed by atoms with van der Waals surface area (Å²) in [5.41, 5.74) is 3.11. The summed E-state index contributed by atoms with van der Waals surface area (Å²) in [6, 6.07) is 19.2. The molecule has 0 fully saturated rings. The monoisotopic (exact) mass is 378 g/mol. The lowest BCUT2D eigenvalue weighted by atomic mass is 10.1. The van der Waals surface area contributed by atoms with E-state index in [0.717, 1.165) is 22.2 Å². The molecule has 1 amide bonds. The van der Waals surface area contributed by atoms with E-state index in [1.165, 1.54) is 36.4 Å². The van der Waals surface area contributed by atoms with Crippen molar-refractivity contribution in [2.75, 3.05) is 11.9 Å². The Labute approximate surface area is 159 Å². The Morgan fingerprint density at radius 1 is 0.929 bits per heavy atom. The molecule has 4 nitrogen and oxygen atoms in total. The lowest BCUT2D eigenvalue weighted by Crippen LogP contribution is -2.20. The molecule has 0 saturated carbocycles. The first kappa shape index (κ1) is 17.7. The van der Waals surface area contributed by atoms with Crippen LogP contribution in [0.3, 0.4) is 0 Å². The van der Waals surface area contributed by atoms with Crippen molar-refractivity contribution in [2.24, 2.45) is 0 Å². The normalized spacial score (nSPS) is 10.8. The molecule has 0 radical (unpaired) electrons. The van der Waals surface area contributed by atoms with Crippen LogP contribution in [0.2, 0.25) is 0 Å². The summed E-state index contributed by atoms with van der Waals surface area (Å²) in [5.74, 6) is -0.579. The number of H-pyrrole nitrogens is 1. The molecule has 0 bridgehead atoms. The number of anilines is 1. The van der Waals surface area contributed by atoms with Crippen molar-refractivity contribution in [1.29, 1.82) is 0 Å². The highest BCUT2D eigenvalue weighted by Crippen LogP contribution is 2.26. The molecule has 0 spiro atoms. The van der Waals surface area contributed by atoms with E-state index in [2.05, 4.69) is 10.3 Å². The number of hydrogen-bond donors (Lipinski definition) is 2. The van der Waals surface area contributed by atoms with Crippen molar-refractivity contribution in [3.8, 4) is 17.0 Å². The van der Waals surface area contributed by atoms with Crippen LogP contribution in [0.1, 0.15) is 0 Å². The molecule has 4 rings (SSSR count). The first-order valence-electron chi connectivity index (χ1n) is 8.64. The Morgan fingerprint density at radius 3 is 2.54 bits per heavy atom. The maximum absolute atomic E-state index is 13.4. The number of fused-ring (bicyclic) bond motifs is 1. The number of benzene rings is 3. The van der Waals surface area contributed by atoms with E-state index in [4.69, 9.17) is 4.74 Å². The first-order chi connectivity index (χ1) is 13.6. The predicted octanol–water partition coefficient (Wildman–Crippen LogP) is 5.13. The van der Waals surface area contributed by atoms with Gasteiger partial charge in [0.2, 0.25) is 0 Å². The Kier molecular flexibility index (Phi) is 4.76. The topological polar surface area (TPSA) is 54.1 Å². The molecule has 0 atom stereocenters. The minimum absolute atomic E-state index is 0.193. The quantitative estimate of drug-likeness (QED) is 0.506. The summed E-state index contributed by atoms with van der Waals surface area (Å²) in [4.78, 5) is 15.4. The molecule has 0 aliphatic heterocycles. The minimum atomic E-state index is -0.367. The van der Waals surface area contributed by atoms with Crippen LogP contribution in [0.4, 0.5) is 14.5 Å². The highest BCUT2D eigenvalue weighted by atomic mass is 19.1. The fraction of sp³-hybridized carbons (Fsp3) is 0.0455. The number of aromatic amines is 1. The van der Waals surface area contributed by atoms with E-state index in [1.807, 2.05) is 24.3 Å². The summed E-state index contributed by atoms with van der Waals surface area (Å²) in [6.45, 7) is -0.193. The lowest BCUT2D eigenvalue weighted by molar-refractivity contribution is -0.118. The van der Waals surface area contributed by atoms with Gasteiger partial charge < -0.3 is 15.0 Å². The molecule has 3 aromatic carbocycles. The van der Waals surface area contributed by atoms with Crippen molar-refractivity contribution >= 4 is 22.5 Å². The van der Waals surface area contributed by atoms with Gasteiger partial charge in [0, 0.05) is 27.8 Å². The summed E-state index contributed by atoms with van der Waals surface area (Å²) < 4.78 is 31.6. The van der Waals surface area contributed by atoms with Crippen LogP contribution in [0.25, 0.3) is 22.2 Å². The number of amides is 1. The molecule has 0 saturated heterocycles. The van der Waals surface area contributed by atoms with Crippen LogP contribution in [0, 0.1) is 11.6 Å². The van der Waals surface area contributed by atoms with Crippen LogP contribution >= 0.6 is 0 Å². The molecule has 28 heavy (non-hydrogen) atoms. The molecule has 4 aromatic rings. The van der Waals surface area contributed by atoms with Gasteiger partial charge in [0.05, 0.1) is 0 Å². The second-order valence-corrected chi connectivity index (χ2v) is 6.29. The molecular weight excluding hydrogens is 362 g/mol. The van der Waals surface area contributed by atoms with Gasteiger partial charge >= 0.3 is 0 Å². The Balaban J connectivity index is 1.45. The number of nitrogens with one attached hydrogen (secondary N) is 2. The Morgan fingerprint density at radius 2 is 1.71 bits per heavy atom. The van der Waals surface area contributed by atoms with Crippen molar-refractivity contribution in [2.45, 2.75) is 0 Å². The van der Waals surface area contributed by atoms with Gasteiger partial charge in [0.25, 0.3) is 5.91 Å². The van der Waals surface area contributed by atoms with Crippen LogP contribution in [-0.2, 0) is 4.79 Å². The third kappa shape index (κ3) is 4.01. The molecule has 1 heterocycles. The maximum atomic E-state index is 13.4. The number of hydrogen-bond acceptors (Lipinski definition) is 2. The summed E-state index contributed by atoms with van der Waals surface area (Å²) in [6.07, 6.45) is 0. The van der Waals surface area contributed by atoms with E-state index in [0.29, 0.717) is 11.4 Å². The van der Waals surface area contributed by atoms with E-state index in [1.54, 1.807) is 12.1 Å². The maximum Gasteiger partial charge on any atom is 0.262 e. The average molecular weight is 378 g/mol. The van der Waals surface area contributed by atoms with E-state index < -0.39 is 0 Å². The molecule has 0 aliphatic rings. The Bertz CT molecular complexity index is 1140. The van der Waals surface area contributed by atoms with Gasteiger partial charge in [-0.3, -0.25) is 4.79 Å². The third-order valence-electron chi connectivity index (χ3n) is 4.22. The van der Waals surface area contributed by atoms with Crippen molar-refractivity contribution in [3.05, 3.63) is 84.4 Å². The van der Waals surface area contributed by atoms with Gasteiger partial charge in [-0.05, 0) is 60.7 Å². The fourth-order valence-corrected chi connectivity index (χ4v) is 2.90. The second kappa shape index (κ2) is 7.52. The molecule has 0 unspecified atom stereocenters. The minimum Gasteiger partial charge on any atom is -0.484 e. The molecular formula is C22H16F2N2O2. The number of ether oxygens (including phenoxy) is 1. The van der Waals surface area contributed by atoms with E-state index in [-0.39, 0.29) is 24.1 Å². The highest BCUT2D eigenvalue weighted by Gasteiger charge is 2.08. The van der Waals surface area contributed by atoms with Gasteiger partial charge in [0.1, 0.15) is 17.4 Å². The zero-order valence-electron chi connectivity index (χ0n) is 14.7. The molecule has 2 N–H and O–H groups in total. The van der Waals surface area contributed by atoms with Crippen LogP contribution in [0.5, 0.6) is 5.75 Å². The molecule has 1 aromatic heterocycles. The second-order valence-electron chi connectivity index (χ2n) is 6.29. The van der Waals surface area contributed by atoms with Gasteiger partial charge in [-0.2, -0.15) is 0 Å². The van der Waals surface area contributed by atoms with Gasteiger partial charge in [-0.1, -0.05) is 12.1 Å². The van der Waals surface area contributed by atoms with Crippen molar-refractivity contribution in [3.63, 3.8) is 0 Å². The third-order valence-corrected chi connectivity index (χ3v) is 4.22. The number of halogens is 2. The Hall–Kier alpha value is -3.67. The summed E-state index contributed by atoms with van der Waals surface area (Å²) in [5, 5.41) is 3.54. The number of aromatic nitrogens is 1. The van der Waals surface area contributed by atoms with Crippen molar-refractivity contribution in [1.82, 2.24) is 4.98 Å². The van der Waals surface area contributed by atoms with Crippen LogP contribution < -0.4 is 10.1 Å². The molecule has 6 heteroatoms. The standard InChI is InChI=1S/C22H16F2N2O2/c23-16-4-7-19(8-5-16)28-13-22(27)25-18-3-1-2-14(11-18)21-12-15-10-17(24)6-9-20(15)26-21/h1-12,26H,13H2,(H,25,27). The lowest BCUT2D eigenvalue weighted by Gasteiger charge is -2.08. The number of carbonyl (C=O) groups is 1.